The summed E-state index contributed by atoms with van der Waals surface area (Å²) in [5.41, 5.74) is 4.39. The monoisotopic (exact) mass is 275 g/mol. The molecule has 18 heavy (non-hydrogen) atoms. The van der Waals surface area contributed by atoms with Gasteiger partial charge in [0, 0.05) is 13.1 Å². The smallest absolute Gasteiger partial charge is 0.395 e. The number of hydrogen-bond acceptors (Lipinski definition) is 4. The van der Waals surface area contributed by atoms with Gasteiger partial charge in [0.05, 0.1) is 0 Å². The van der Waals surface area contributed by atoms with Crippen LogP contribution in [-0.2, 0) is 0 Å². The number of halogens is 3. The summed E-state index contributed by atoms with van der Waals surface area (Å²) in [5, 5.41) is -0.254. The van der Waals surface area contributed by atoms with Gasteiger partial charge in [0.2, 0.25) is 0 Å². The third-order valence-corrected chi connectivity index (χ3v) is 2.38. The Hall–Kier alpha value is -1.89. The van der Waals surface area contributed by atoms with Crippen molar-refractivity contribution in [2.24, 2.45) is 0 Å². The molecule has 2 aromatic rings. The summed E-state index contributed by atoms with van der Waals surface area (Å²) in [6.45, 7) is 0.577. The molecule has 8 heteroatoms. The van der Waals surface area contributed by atoms with E-state index in [0.717, 1.165) is 4.40 Å². The molecular weight excluding hydrogens is 268 g/mol. The molecule has 0 atom stereocenters. The fourth-order valence-electron chi connectivity index (χ4n) is 1.40. The van der Waals surface area contributed by atoms with Crippen molar-refractivity contribution < 1.29 is 13.5 Å². The Morgan fingerprint density at radius 3 is 2.83 bits per heavy atom. The summed E-state index contributed by atoms with van der Waals surface area (Å²) in [5.74, 6) is -0.260. The van der Waals surface area contributed by atoms with Crippen LogP contribution in [0.5, 0.6) is 5.75 Å². The summed E-state index contributed by atoms with van der Waals surface area (Å²) in [6, 6.07) is 2.62. The molecule has 0 radical (unpaired) electrons. The lowest BCUT2D eigenvalue weighted by molar-refractivity contribution is -0.158. The van der Waals surface area contributed by atoms with Crippen molar-refractivity contribution in [3.05, 3.63) is 33.8 Å². The molecule has 0 amide bonds. The number of fused-ring (bicyclic) bond motifs is 1. The zero-order valence-electron chi connectivity index (χ0n) is 9.15. The van der Waals surface area contributed by atoms with Crippen molar-refractivity contribution in [1.82, 2.24) is 9.38 Å². The molecule has 5 nitrogen and oxygen atoms in total. The van der Waals surface area contributed by atoms with Gasteiger partial charge in [0.1, 0.15) is 5.69 Å². The minimum Gasteiger partial charge on any atom is -0.429 e. The number of nitrogens with zero attached hydrogens (tertiary/aromatic N) is 2. The highest BCUT2D eigenvalue weighted by Gasteiger charge is 2.25. The zero-order chi connectivity index (χ0) is 13.5. The van der Waals surface area contributed by atoms with Crippen molar-refractivity contribution in [1.29, 1.82) is 0 Å². The zero-order valence-corrected chi connectivity index (χ0v) is 9.91. The molecule has 2 heterocycles. The van der Waals surface area contributed by atoms with E-state index in [1.54, 1.807) is 0 Å². The highest BCUT2D eigenvalue weighted by atomic mass is 35.5. The van der Waals surface area contributed by atoms with Crippen molar-refractivity contribution in [2.45, 2.75) is 13.0 Å². The van der Waals surface area contributed by atoms with E-state index in [9.17, 15) is 13.6 Å². The fourth-order valence-corrected chi connectivity index (χ4v) is 1.56. The molecule has 0 aromatic carbocycles. The van der Waals surface area contributed by atoms with Gasteiger partial charge in [-0.15, -0.1) is 0 Å². The lowest BCUT2D eigenvalue weighted by Crippen LogP contribution is -2.23. The van der Waals surface area contributed by atoms with Crippen LogP contribution in [-0.4, -0.2) is 15.5 Å². The minimum absolute atomic E-state index is 0.122. The quantitative estimate of drug-likeness (QED) is 0.850. The minimum atomic E-state index is -3.40. The normalized spacial score (nSPS) is 11.8. The van der Waals surface area contributed by atoms with Gasteiger partial charge in [-0.3, -0.25) is 9.20 Å². The Morgan fingerprint density at radius 2 is 2.22 bits per heavy atom. The first-order valence-corrected chi connectivity index (χ1v) is 5.20. The second-order valence-electron chi connectivity index (χ2n) is 3.60. The van der Waals surface area contributed by atoms with E-state index in [0.29, 0.717) is 6.92 Å². The van der Waals surface area contributed by atoms with Crippen LogP contribution in [0, 0.1) is 0 Å². The molecule has 0 saturated heterocycles. The molecule has 0 spiro atoms. The molecule has 96 valence electrons. The Labute approximate surface area is 105 Å². The number of nitrogen functional groups attached to an aromatic ring is 1. The predicted octanol–water partition coefficient (Wildman–Crippen LogP) is 1.92. The molecule has 2 N–H and O–H groups in total. The topological polar surface area (TPSA) is 69.6 Å². The van der Waals surface area contributed by atoms with Crippen LogP contribution < -0.4 is 16.0 Å². The maximum absolute atomic E-state index is 12.8. The lowest BCUT2D eigenvalue weighted by Gasteiger charge is -2.14. The molecule has 0 fully saturated rings. The van der Waals surface area contributed by atoms with E-state index in [1.165, 1.54) is 18.3 Å². The molecular formula is C10H8ClF2N3O2. The van der Waals surface area contributed by atoms with Crippen LogP contribution in [0.3, 0.4) is 0 Å². The number of pyridine rings is 1. The van der Waals surface area contributed by atoms with Gasteiger partial charge in [0.15, 0.2) is 16.5 Å². The molecule has 0 aliphatic carbocycles. The van der Waals surface area contributed by atoms with Gasteiger partial charge < -0.3 is 10.5 Å². The Balaban J connectivity index is 2.74. The maximum Gasteiger partial charge on any atom is 0.395 e. The standard InChI is InChI=1S/C10H8ClF2N3O2/c1-10(12,13)18-5-3-2-4-16-8(5)15-7(11)6(14)9(16)17/h2-4H,14H2,1H3. The van der Waals surface area contributed by atoms with E-state index < -0.39 is 11.7 Å². The number of aromatic nitrogens is 2. The molecule has 0 bridgehead atoms. The summed E-state index contributed by atoms with van der Waals surface area (Å²) in [4.78, 5) is 15.5. The first-order chi connectivity index (χ1) is 8.29. The Morgan fingerprint density at radius 1 is 1.56 bits per heavy atom. The molecule has 2 rings (SSSR count). The van der Waals surface area contributed by atoms with E-state index >= 15 is 0 Å². The van der Waals surface area contributed by atoms with E-state index in [4.69, 9.17) is 17.3 Å². The third-order valence-electron chi connectivity index (χ3n) is 2.10. The van der Waals surface area contributed by atoms with Crippen LogP contribution >= 0.6 is 11.6 Å². The number of hydrogen-bond donors (Lipinski definition) is 1. The first kappa shape index (κ1) is 12.6. The van der Waals surface area contributed by atoms with E-state index in [-0.39, 0.29) is 22.2 Å². The van der Waals surface area contributed by atoms with Gasteiger partial charge in [-0.1, -0.05) is 11.6 Å². The Bertz CT molecular complexity index is 666. The third kappa shape index (κ3) is 2.21. The number of nitrogens with two attached hydrogens (primary N) is 1. The second-order valence-corrected chi connectivity index (χ2v) is 3.96. The van der Waals surface area contributed by atoms with Gasteiger partial charge in [-0.05, 0) is 12.1 Å². The molecule has 0 aliphatic heterocycles. The van der Waals surface area contributed by atoms with Gasteiger partial charge >= 0.3 is 6.11 Å². The van der Waals surface area contributed by atoms with Crippen molar-refractivity contribution in [3.63, 3.8) is 0 Å². The molecule has 0 unspecified atom stereocenters. The fraction of sp³-hybridized carbons (Fsp3) is 0.200. The largest absolute Gasteiger partial charge is 0.429 e. The van der Waals surface area contributed by atoms with Gasteiger partial charge in [-0.25, -0.2) is 4.98 Å². The second kappa shape index (κ2) is 4.09. The lowest BCUT2D eigenvalue weighted by atomic mass is 10.4. The van der Waals surface area contributed by atoms with Crippen molar-refractivity contribution in [3.8, 4) is 5.75 Å². The summed E-state index contributed by atoms with van der Waals surface area (Å²) in [6.07, 6.45) is -2.06. The van der Waals surface area contributed by atoms with Gasteiger partial charge in [0.25, 0.3) is 5.56 Å². The number of ether oxygens (including phenoxy) is 1. The van der Waals surface area contributed by atoms with Crippen molar-refractivity contribution >= 4 is 22.9 Å². The summed E-state index contributed by atoms with van der Waals surface area (Å²) >= 11 is 5.64. The van der Waals surface area contributed by atoms with Crippen LogP contribution in [0.25, 0.3) is 5.65 Å². The van der Waals surface area contributed by atoms with Crippen LogP contribution in [0.15, 0.2) is 23.1 Å². The average Bonchev–Trinajstić information content (AvgIpc) is 2.25. The van der Waals surface area contributed by atoms with Crippen LogP contribution in [0.4, 0.5) is 14.5 Å². The Kier molecular flexibility index (Phi) is 2.86. The van der Waals surface area contributed by atoms with E-state index in [1.807, 2.05) is 0 Å². The highest BCUT2D eigenvalue weighted by molar-refractivity contribution is 6.31. The van der Waals surface area contributed by atoms with E-state index in [2.05, 4.69) is 9.72 Å². The first-order valence-electron chi connectivity index (χ1n) is 4.83. The summed E-state index contributed by atoms with van der Waals surface area (Å²) in [7, 11) is 0. The predicted molar refractivity (Wildman–Crippen MR) is 62.1 cm³/mol. The van der Waals surface area contributed by atoms with Crippen molar-refractivity contribution in [2.75, 3.05) is 5.73 Å². The number of alkyl halides is 2. The average molecular weight is 276 g/mol. The van der Waals surface area contributed by atoms with Crippen LogP contribution in [0.2, 0.25) is 5.15 Å². The highest BCUT2D eigenvalue weighted by Crippen LogP contribution is 2.25. The number of rotatable bonds is 2. The molecule has 0 saturated carbocycles. The van der Waals surface area contributed by atoms with Gasteiger partial charge in [-0.2, -0.15) is 8.78 Å². The summed E-state index contributed by atoms with van der Waals surface area (Å²) < 4.78 is 31.0. The molecule has 2 aromatic heterocycles. The number of anilines is 1. The molecule has 0 aliphatic rings. The SMILES string of the molecule is CC(F)(F)Oc1cccn2c(=O)c(N)c(Cl)nc12. The maximum atomic E-state index is 12.8. The van der Waals surface area contributed by atoms with Crippen LogP contribution in [0.1, 0.15) is 6.92 Å².